The van der Waals surface area contributed by atoms with Crippen molar-refractivity contribution in [2.24, 2.45) is 0 Å². The number of anilines is 1. The number of nitrogens with one attached hydrogen (secondary N) is 3. The predicted octanol–water partition coefficient (Wildman–Crippen LogP) is 4.67. The maximum absolute atomic E-state index is 11.9. The van der Waals surface area contributed by atoms with Gasteiger partial charge < -0.3 is 20.7 Å². The average Bonchev–Trinajstić information content (AvgIpc) is 3.10. The fourth-order valence-electron chi connectivity index (χ4n) is 3.03. The molecule has 1 aromatic heterocycles. The van der Waals surface area contributed by atoms with Crippen molar-refractivity contribution in [3.8, 4) is 0 Å². The Labute approximate surface area is 160 Å². The van der Waals surface area contributed by atoms with Gasteiger partial charge in [0.05, 0.1) is 17.4 Å². The summed E-state index contributed by atoms with van der Waals surface area (Å²) in [5, 5.41) is 14.3. The van der Waals surface area contributed by atoms with E-state index in [4.69, 9.17) is 5.11 Å². The van der Waals surface area contributed by atoms with E-state index >= 15 is 0 Å². The molecular weight excluding hydrogens is 344 g/mol. The van der Waals surface area contributed by atoms with Gasteiger partial charge >= 0.3 is 12.0 Å². The summed E-state index contributed by atoms with van der Waals surface area (Å²) >= 11 is 0. The zero-order valence-electron chi connectivity index (χ0n) is 15.8. The number of rotatable bonds is 13. The van der Waals surface area contributed by atoms with E-state index in [9.17, 15) is 9.59 Å². The van der Waals surface area contributed by atoms with Gasteiger partial charge in [-0.25, -0.2) is 9.78 Å². The molecule has 2 amide bonds. The normalized spacial score (nSPS) is 10.8. The molecule has 1 heterocycles. The highest BCUT2D eigenvalue weighted by atomic mass is 16.4. The maximum atomic E-state index is 11.9. The van der Waals surface area contributed by atoms with E-state index in [-0.39, 0.29) is 6.03 Å². The second-order valence-electron chi connectivity index (χ2n) is 6.84. The Morgan fingerprint density at radius 2 is 1.63 bits per heavy atom. The molecule has 0 radical (unpaired) electrons. The standard InChI is InChI=1S/C20H30N4O3/c25-19(26)10-8-6-4-2-1-3-5-7-9-13-21-20(27)24-16-11-12-17-18(14-16)23-15-22-17/h11-12,14-15H,1-10,13H2,(H,22,23)(H,25,26)(H2,21,24,27). The Kier molecular flexibility index (Phi) is 9.17. The van der Waals surface area contributed by atoms with Crippen LogP contribution >= 0.6 is 0 Å². The van der Waals surface area contributed by atoms with Crippen LogP contribution in [0.2, 0.25) is 0 Å². The molecule has 27 heavy (non-hydrogen) atoms. The van der Waals surface area contributed by atoms with Crippen LogP contribution in [0.4, 0.5) is 10.5 Å². The van der Waals surface area contributed by atoms with Crippen LogP contribution in [0.1, 0.15) is 64.2 Å². The number of nitrogens with zero attached hydrogens (tertiary/aromatic N) is 1. The van der Waals surface area contributed by atoms with Crippen LogP contribution in [0.15, 0.2) is 24.5 Å². The molecule has 7 nitrogen and oxygen atoms in total. The van der Waals surface area contributed by atoms with E-state index in [0.29, 0.717) is 13.0 Å². The molecule has 0 spiro atoms. The topological polar surface area (TPSA) is 107 Å². The molecule has 0 saturated carbocycles. The summed E-state index contributed by atoms with van der Waals surface area (Å²) in [6.45, 7) is 0.674. The number of unbranched alkanes of at least 4 members (excludes halogenated alkanes) is 8. The predicted molar refractivity (Wildman–Crippen MR) is 107 cm³/mol. The van der Waals surface area contributed by atoms with Gasteiger partial charge in [0.25, 0.3) is 0 Å². The number of aromatic nitrogens is 2. The van der Waals surface area contributed by atoms with Crippen LogP contribution in [-0.2, 0) is 4.79 Å². The minimum Gasteiger partial charge on any atom is -0.481 e. The number of aliphatic carboxylic acids is 1. The molecule has 0 aliphatic carbocycles. The van der Waals surface area contributed by atoms with Crippen molar-refractivity contribution in [3.63, 3.8) is 0 Å². The van der Waals surface area contributed by atoms with Crippen molar-refractivity contribution in [2.45, 2.75) is 64.2 Å². The maximum Gasteiger partial charge on any atom is 0.319 e. The minimum absolute atomic E-state index is 0.185. The third kappa shape index (κ3) is 8.57. The highest BCUT2D eigenvalue weighted by Crippen LogP contribution is 2.15. The lowest BCUT2D eigenvalue weighted by Gasteiger charge is -2.07. The average molecular weight is 374 g/mol. The first-order chi connectivity index (χ1) is 13.1. The van der Waals surface area contributed by atoms with Gasteiger partial charge in [-0.2, -0.15) is 0 Å². The number of fused-ring (bicyclic) bond motifs is 1. The first-order valence-corrected chi connectivity index (χ1v) is 9.85. The van der Waals surface area contributed by atoms with Crippen LogP contribution in [0.3, 0.4) is 0 Å². The molecule has 0 saturated heterocycles. The van der Waals surface area contributed by atoms with Gasteiger partial charge in [-0.1, -0.05) is 44.9 Å². The number of carboxylic acids is 1. The second-order valence-corrected chi connectivity index (χ2v) is 6.84. The zero-order valence-corrected chi connectivity index (χ0v) is 15.8. The number of carbonyl (C=O) groups excluding carboxylic acids is 1. The summed E-state index contributed by atoms with van der Waals surface area (Å²) in [4.78, 5) is 29.5. The number of hydrogen-bond acceptors (Lipinski definition) is 3. The van der Waals surface area contributed by atoms with E-state index in [1.165, 1.54) is 25.7 Å². The van der Waals surface area contributed by atoms with Gasteiger partial charge in [0.15, 0.2) is 0 Å². The Morgan fingerprint density at radius 3 is 2.33 bits per heavy atom. The van der Waals surface area contributed by atoms with Crippen LogP contribution in [0.5, 0.6) is 0 Å². The molecule has 148 valence electrons. The summed E-state index contributed by atoms with van der Waals surface area (Å²) in [5.74, 6) is -0.698. The molecule has 0 aliphatic rings. The van der Waals surface area contributed by atoms with E-state index in [0.717, 1.165) is 48.8 Å². The molecule has 2 rings (SSSR count). The van der Waals surface area contributed by atoms with Crippen LogP contribution in [0.25, 0.3) is 11.0 Å². The quantitative estimate of drug-likeness (QED) is 0.382. The molecule has 0 atom stereocenters. The summed E-state index contributed by atoms with van der Waals surface area (Å²) in [6, 6.07) is 5.39. The smallest absolute Gasteiger partial charge is 0.319 e. The van der Waals surface area contributed by atoms with Gasteiger partial charge in [0.1, 0.15) is 0 Å². The number of imidazole rings is 1. The zero-order chi connectivity index (χ0) is 19.3. The van der Waals surface area contributed by atoms with E-state index < -0.39 is 5.97 Å². The highest BCUT2D eigenvalue weighted by molar-refractivity contribution is 5.91. The SMILES string of the molecule is O=C(O)CCCCCCCCCCCNC(=O)Nc1ccc2nc[nH]c2c1. The number of carbonyl (C=O) groups is 2. The van der Waals surface area contributed by atoms with Crippen LogP contribution in [0, 0.1) is 0 Å². The van der Waals surface area contributed by atoms with E-state index in [1.54, 1.807) is 6.33 Å². The molecule has 7 heteroatoms. The fraction of sp³-hybridized carbons (Fsp3) is 0.550. The molecule has 0 unspecified atom stereocenters. The van der Waals surface area contributed by atoms with E-state index in [1.807, 2.05) is 18.2 Å². The third-order valence-corrected chi connectivity index (χ3v) is 4.53. The highest BCUT2D eigenvalue weighted by Gasteiger charge is 2.03. The number of carboxylic acid groups (broad SMARTS) is 1. The number of hydrogen-bond donors (Lipinski definition) is 4. The van der Waals surface area contributed by atoms with Crippen LogP contribution < -0.4 is 10.6 Å². The lowest BCUT2D eigenvalue weighted by molar-refractivity contribution is -0.137. The Balaban J connectivity index is 1.42. The van der Waals surface area contributed by atoms with Crippen LogP contribution in [-0.4, -0.2) is 33.6 Å². The molecule has 0 bridgehead atoms. The minimum atomic E-state index is -0.698. The monoisotopic (exact) mass is 374 g/mol. The molecule has 2 aromatic rings. The summed E-state index contributed by atoms with van der Waals surface area (Å²) in [6.07, 6.45) is 11.7. The number of H-pyrrole nitrogens is 1. The van der Waals surface area contributed by atoms with Gasteiger partial charge in [-0.3, -0.25) is 4.79 Å². The van der Waals surface area contributed by atoms with Crippen molar-refractivity contribution < 1.29 is 14.7 Å². The number of aromatic amines is 1. The Hall–Kier alpha value is -2.57. The largest absolute Gasteiger partial charge is 0.481 e. The Bertz CT molecular complexity index is 714. The van der Waals surface area contributed by atoms with Gasteiger partial charge in [-0.15, -0.1) is 0 Å². The van der Waals surface area contributed by atoms with Gasteiger partial charge in [0, 0.05) is 18.7 Å². The van der Waals surface area contributed by atoms with Crippen molar-refractivity contribution >= 4 is 28.7 Å². The summed E-state index contributed by atoms with van der Waals surface area (Å²) in [5.41, 5.74) is 2.52. The second kappa shape index (κ2) is 11.9. The molecule has 0 aliphatic heterocycles. The molecule has 4 N–H and O–H groups in total. The lowest BCUT2D eigenvalue weighted by Crippen LogP contribution is -2.29. The third-order valence-electron chi connectivity index (χ3n) is 4.53. The fourth-order valence-corrected chi connectivity index (χ4v) is 3.03. The van der Waals surface area contributed by atoms with Gasteiger partial charge in [0.2, 0.25) is 0 Å². The molecular formula is C20H30N4O3. The van der Waals surface area contributed by atoms with Crippen molar-refractivity contribution in [2.75, 3.05) is 11.9 Å². The van der Waals surface area contributed by atoms with Gasteiger partial charge in [-0.05, 0) is 31.0 Å². The number of amides is 2. The molecule has 0 fully saturated rings. The van der Waals surface area contributed by atoms with E-state index in [2.05, 4.69) is 20.6 Å². The first-order valence-electron chi connectivity index (χ1n) is 9.85. The lowest BCUT2D eigenvalue weighted by atomic mass is 10.1. The summed E-state index contributed by atoms with van der Waals surface area (Å²) in [7, 11) is 0. The van der Waals surface area contributed by atoms with Crippen molar-refractivity contribution in [3.05, 3.63) is 24.5 Å². The first kappa shape index (κ1) is 20.7. The Morgan fingerprint density at radius 1 is 0.963 bits per heavy atom. The summed E-state index contributed by atoms with van der Waals surface area (Å²) < 4.78 is 0. The number of benzene rings is 1. The molecule has 1 aromatic carbocycles. The van der Waals surface area contributed by atoms with Crippen molar-refractivity contribution in [1.29, 1.82) is 0 Å². The van der Waals surface area contributed by atoms with Crippen molar-refractivity contribution in [1.82, 2.24) is 15.3 Å². The number of urea groups is 1.